The molecule has 1 heterocycles. The molecule has 19 heavy (non-hydrogen) atoms. The van der Waals surface area contributed by atoms with Gasteiger partial charge in [-0.15, -0.1) is 12.4 Å². The van der Waals surface area contributed by atoms with Crippen molar-refractivity contribution in [3.05, 3.63) is 48.2 Å². The first-order valence-electron chi connectivity index (χ1n) is 6.14. The molecule has 2 aromatic rings. The van der Waals surface area contributed by atoms with Crippen LogP contribution in [0.3, 0.4) is 0 Å². The zero-order valence-corrected chi connectivity index (χ0v) is 11.6. The lowest BCUT2D eigenvalue weighted by molar-refractivity contribution is 0.415. The normalized spacial score (nSPS) is 20.5. The maximum atomic E-state index is 5.84. The third-order valence-corrected chi connectivity index (χ3v) is 3.42. The Kier molecular flexibility index (Phi) is 4.08. The van der Waals surface area contributed by atoms with E-state index in [9.17, 15) is 0 Å². The summed E-state index contributed by atoms with van der Waals surface area (Å²) >= 11 is 0. The van der Waals surface area contributed by atoms with Gasteiger partial charge in [0.05, 0.1) is 12.8 Å². The van der Waals surface area contributed by atoms with Gasteiger partial charge in [-0.1, -0.05) is 18.2 Å². The van der Waals surface area contributed by atoms with Crippen molar-refractivity contribution in [1.29, 1.82) is 0 Å². The Balaban J connectivity index is 0.00000133. The Morgan fingerprint density at radius 2 is 2.05 bits per heavy atom. The standard InChI is InChI=1S/C15H16N2O.ClH/c1-18-12-4-2-3-10(7-12)15-6-5-11(9-17-15)13-8-14(13)16;/h2-7,9,13-14H,8,16H2,1H3;1H/t13-,14+;/m1./s1. The zero-order chi connectivity index (χ0) is 12.5. The van der Waals surface area contributed by atoms with Crippen molar-refractivity contribution in [2.45, 2.75) is 18.4 Å². The van der Waals surface area contributed by atoms with Gasteiger partial charge < -0.3 is 10.5 Å². The fourth-order valence-corrected chi connectivity index (χ4v) is 2.18. The van der Waals surface area contributed by atoms with Gasteiger partial charge in [-0.25, -0.2) is 0 Å². The molecule has 3 nitrogen and oxygen atoms in total. The number of halogens is 1. The van der Waals surface area contributed by atoms with Crippen LogP contribution in [0.4, 0.5) is 0 Å². The van der Waals surface area contributed by atoms with E-state index in [0.717, 1.165) is 23.4 Å². The average Bonchev–Trinajstić information content (AvgIpc) is 3.16. The second kappa shape index (κ2) is 5.59. The van der Waals surface area contributed by atoms with Gasteiger partial charge in [0.15, 0.2) is 0 Å². The molecule has 100 valence electrons. The van der Waals surface area contributed by atoms with E-state index in [4.69, 9.17) is 10.5 Å². The minimum absolute atomic E-state index is 0. The summed E-state index contributed by atoms with van der Waals surface area (Å²) in [5, 5.41) is 0. The number of benzene rings is 1. The van der Waals surface area contributed by atoms with Crippen molar-refractivity contribution in [2.24, 2.45) is 5.73 Å². The molecule has 1 aliphatic carbocycles. The van der Waals surface area contributed by atoms with Gasteiger partial charge in [0.1, 0.15) is 5.75 Å². The molecule has 0 radical (unpaired) electrons. The summed E-state index contributed by atoms with van der Waals surface area (Å²) in [5.74, 6) is 1.36. The maximum Gasteiger partial charge on any atom is 0.119 e. The molecule has 1 aromatic heterocycles. The van der Waals surface area contributed by atoms with Crippen molar-refractivity contribution in [3.63, 3.8) is 0 Å². The van der Waals surface area contributed by atoms with E-state index in [-0.39, 0.29) is 12.4 Å². The molecule has 3 rings (SSSR count). The summed E-state index contributed by atoms with van der Waals surface area (Å²) in [4.78, 5) is 4.51. The molecule has 4 heteroatoms. The summed E-state index contributed by atoms with van der Waals surface area (Å²) in [5.41, 5.74) is 9.12. The number of pyridine rings is 1. The molecule has 0 saturated heterocycles. The van der Waals surface area contributed by atoms with Crippen LogP contribution in [-0.4, -0.2) is 18.1 Å². The summed E-state index contributed by atoms with van der Waals surface area (Å²) in [6.45, 7) is 0. The number of hydrogen-bond donors (Lipinski definition) is 1. The SMILES string of the molecule is COc1cccc(-c2ccc([C@H]3C[C@@H]3N)cn2)c1.Cl. The molecule has 0 aliphatic heterocycles. The van der Waals surface area contributed by atoms with Crippen LogP contribution in [0.5, 0.6) is 5.75 Å². The van der Waals surface area contributed by atoms with Crippen molar-refractivity contribution >= 4 is 12.4 Å². The second-order valence-electron chi connectivity index (χ2n) is 4.71. The monoisotopic (exact) mass is 276 g/mol. The van der Waals surface area contributed by atoms with Crippen LogP contribution in [0.25, 0.3) is 11.3 Å². The minimum atomic E-state index is 0. The predicted octanol–water partition coefficient (Wildman–Crippen LogP) is 2.99. The van der Waals surface area contributed by atoms with Crippen LogP contribution in [0.1, 0.15) is 17.9 Å². The van der Waals surface area contributed by atoms with E-state index in [1.165, 1.54) is 5.56 Å². The van der Waals surface area contributed by atoms with Crippen LogP contribution in [0, 0.1) is 0 Å². The molecular weight excluding hydrogens is 260 g/mol. The number of hydrogen-bond acceptors (Lipinski definition) is 3. The number of rotatable bonds is 3. The second-order valence-corrected chi connectivity index (χ2v) is 4.71. The van der Waals surface area contributed by atoms with Crippen molar-refractivity contribution in [3.8, 4) is 17.0 Å². The van der Waals surface area contributed by atoms with E-state index in [0.29, 0.717) is 12.0 Å². The van der Waals surface area contributed by atoms with Crippen LogP contribution >= 0.6 is 12.4 Å². The van der Waals surface area contributed by atoms with Gasteiger partial charge in [0.25, 0.3) is 0 Å². The van der Waals surface area contributed by atoms with Crippen LogP contribution in [-0.2, 0) is 0 Å². The molecule has 1 fully saturated rings. The summed E-state index contributed by atoms with van der Waals surface area (Å²) in [6.07, 6.45) is 3.02. The van der Waals surface area contributed by atoms with E-state index in [2.05, 4.69) is 17.1 Å². The third-order valence-electron chi connectivity index (χ3n) is 3.42. The first-order valence-corrected chi connectivity index (χ1v) is 6.14. The molecule has 2 atom stereocenters. The lowest BCUT2D eigenvalue weighted by atomic mass is 10.1. The highest BCUT2D eigenvalue weighted by Crippen LogP contribution is 2.38. The largest absolute Gasteiger partial charge is 0.497 e. The van der Waals surface area contributed by atoms with E-state index >= 15 is 0 Å². The van der Waals surface area contributed by atoms with Gasteiger partial charge in [-0.2, -0.15) is 0 Å². The van der Waals surface area contributed by atoms with Crippen LogP contribution in [0.15, 0.2) is 42.6 Å². The van der Waals surface area contributed by atoms with Gasteiger partial charge in [-0.3, -0.25) is 4.98 Å². The number of nitrogens with zero attached hydrogens (tertiary/aromatic N) is 1. The maximum absolute atomic E-state index is 5.84. The molecule has 0 bridgehead atoms. The first-order chi connectivity index (χ1) is 8.78. The lowest BCUT2D eigenvalue weighted by Gasteiger charge is -2.05. The average molecular weight is 277 g/mol. The molecule has 1 saturated carbocycles. The van der Waals surface area contributed by atoms with E-state index in [1.54, 1.807) is 7.11 Å². The summed E-state index contributed by atoms with van der Waals surface area (Å²) < 4.78 is 5.22. The predicted molar refractivity (Wildman–Crippen MR) is 78.8 cm³/mol. The third kappa shape index (κ3) is 2.88. The molecule has 1 aliphatic rings. The van der Waals surface area contributed by atoms with E-state index in [1.807, 2.05) is 30.5 Å². The summed E-state index contributed by atoms with van der Waals surface area (Å²) in [6, 6.07) is 12.4. The smallest absolute Gasteiger partial charge is 0.119 e. The quantitative estimate of drug-likeness (QED) is 0.937. The van der Waals surface area contributed by atoms with Crippen LogP contribution < -0.4 is 10.5 Å². The van der Waals surface area contributed by atoms with Crippen molar-refractivity contribution in [1.82, 2.24) is 4.98 Å². The Morgan fingerprint density at radius 3 is 2.63 bits per heavy atom. The zero-order valence-electron chi connectivity index (χ0n) is 10.7. The van der Waals surface area contributed by atoms with Crippen molar-refractivity contribution in [2.75, 3.05) is 7.11 Å². The number of methoxy groups -OCH3 is 1. The molecule has 0 amide bonds. The number of nitrogens with two attached hydrogens (primary N) is 1. The first kappa shape index (κ1) is 13.8. The fraction of sp³-hybridized carbons (Fsp3) is 0.267. The lowest BCUT2D eigenvalue weighted by Crippen LogP contribution is -2.01. The minimum Gasteiger partial charge on any atom is -0.497 e. The van der Waals surface area contributed by atoms with E-state index < -0.39 is 0 Å². The Hall–Kier alpha value is -1.58. The molecular formula is C15H17ClN2O. The molecule has 1 aromatic carbocycles. The summed E-state index contributed by atoms with van der Waals surface area (Å²) in [7, 11) is 1.67. The number of aromatic nitrogens is 1. The molecule has 2 N–H and O–H groups in total. The highest BCUT2D eigenvalue weighted by Gasteiger charge is 2.34. The van der Waals surface area contributed by atoms with Crippen molar-refractivity contribution < 1.29 is 4.74 Å². The topological polar surface area (TPSA) is 48.1 Å². The van der Waals surface area contributed by atoms with Crippen LogP contribution in [0.2, 0.25) is 0 Å². The highest BCUT2D eigenvalue weighted by atomic mass is 35.5. The molecule has 0 unspecified atom stereocenters. The van der Waals surface area contributed by atoms with Gasteiger partial charge in [-0.05, 0) is 30.2 Å². The Morgan fingerprint density at radius 1 is 1.26 bits per heavy atom. The van der Waals surface area contributed by atoms with Gasteiger partial charge in [0, 0.05) is 23.7 Å². The van der Waals surface area contributed by atoms with Gasteiger partial charge in [0.2, 0.25) is 0 Å². The molecule has 0 spiro atoms. The Bertz CT molecular complexity index is 556. The number of ether oxygens (including phenoxy) is 1. The highest BCUT2D eigenvalue weighted by molar-refractivity contribution is 5.85. The fourth-order valence-electron chi connectivity index (χ4n) is 2.18. The van der Waals surface area contributed by atoms with Gasteiger partial charge >= 0.3 is 0 Å². The Labute approximate surface area is 119 Å².